The van der Waals surface area contributed by atoms with E-state index in [2.05, 4.69) is 14.9 Å². The summed E-state index contributed by atoms with van der Waals surface area (Å²) < 4.78 is 31.0. The van der Waals surface area contributed by atoms with Crippen molar-refractivity contribution >= 4 is 32.7 Å². The van der Waals surface area contributed by atoms with Crippen LogP contribution in [0.25, 0.3) is 10.9 Å². The second-order valence-electron chi connectivity index (χ2n) is 8.13. The number of piperidine rings is 1. The molecule has 0 spiro atoms. The molecule has 4 rings (SSSR count). The van der Waals surface area contributed by atoms with Crippen molar-refractivity contribution in [3.8, 4) is 0 Å². The molecular formula is C21H28N6O4S. The van der Waals surface area contributed by atoms with Gasteiger partial charge in [-0.15, -0.1) is 0 Å². The van der Waals surface area contributed by atoms with Crippen molar-refractivity contribution in [2.45, 2.75) is 36.7 Å². The number of rotatable bonds is 8. The van der Waals surface area contributed by atoms with Crippen LogP contribution >= 0.6 is 0 Å². The van der Waals surface area contributed by atoms with Crippen molar-refractivity contribution in [3.05, 3.63) is 42.7 Å². The number of nitrogen functional groups attached to an aromatic ring is 1. The highest BCUT2D eigenvalue weighted by molar-refractivity contribution is 7.89. The van der Waals surface area contributed by atoms with Gasteiger partial charge in [0, 0.05) is 37.8 Å². The van der Waals surface area contributed by atoms with Crippen LogP contribution < -0.4 is 10.5 Å². The van der Waals surface area contributed by atoms with Gasteiger partial charge in [0.05, 0.1) is 16.6 Å². The van der Waals surface area contributed by atoms with Gasteiger partial charge in [0.1, 0.15) is 11.9 Å². The number of nitrogens with one attached hydrogen (secondary N) is 2. The average Bonchev–Trinajstić information content (AvgIpc) is 3.44. The van der Waals surface area contributed by atoms with E-state index in [1.54, 1.807) is 39.9 Å². The van der Waals surface area contributed by atoms with Crippen molar-refractivity contribution in [2.75, 3.05) is 25.4 Å². The normalized spacial score (nSPS) is 16.5. The maximum atomic E-state index is 13.3. The third-order valence-corrected chi connectivity index (χ3v) is 7.57. The Labute approximate surface area is 186 Å². The number of carbonyl (C=O) groups is 1. The number of carbonyl (C=O) groups excluding carboxylic acids is 1. The lowest BCUT2D eigenvalue weighted by Gasteiger charge is -2.34. The minimum absolute atomic E-state index is 0.0704. The van der Waals surface area contributed by atoms with Gasteiger partial charge in [0.25, 0.3) is 0 Å². The van der Waals surface area contributed by atoms with E-state index in [1.165, 1.54) is 12.3 Å². The standard InChI is InChI=1S/C21H28N6O4S/c22-20-5-2-9-26(20)12-8-18(21(29)27-10-6-15(14-28)7-11-27)25-32(30,31)19-4-1-3-17-16(19)13-23-24-17/h1-5,9,13,15,18,25,28H,6-8,10-12,14,22H2,(H,23,24). The summed E-state index contributed by atoms with van der Waals surface area (Å²) in [5.74, 6) is 0.452. The van der Waals surface area contributed by atoms with Crippen molar-refractivity contribution in [3.63, 3.8) is 0 Å². The number of hydrogen-bond donors (Lipinski definition) is 4. The number of nitrogens with zero attached hydrogens (tertiary/aromatic N) is 3. The number of fused-ring (bicyclic) bond motifs is 1. The van der Waals surface area contributed by atoms with Crippen LogP contribution in [0.5, 0.6) is 0 Å². The Kier molecular flexibility index (Phi) is 6.49. The third-order valence-electron chi connectivity index (χ3n) is 6.04. The predicted molar refractivity (Wildman–Crippen MR) is 120 cm³/mol. The lowest BCUT2D eigenvalue weighted by atomic mass is 9.97. The van der Waals surface area contributed by atoms with Gasteiger partial charge < -0.3 is 20.3 Å². The van der Waals surface area contributed by atoms with Crippen molar-refractivity contribution < 1.29 is 18.3 Å². The van der Waals surface area contributed by atoms with Gasteiger partial charge in [-0.05, 0) is 49.4 Å². The number of aromatic nitrogens is 3. The number of anilines is 1. The number of likely N-dealkylation sites (tertiary alicyclic amines) is 1. The monoisotopic (exact) mass is 460 g/mol. The minimum Gasteiger partial charge on any atom is -0.396 e. The van der Waals surface area contributed by atoms with Crippen LogP contribution in [0, 0.1) is 5.92 Å². The SMILES string of the molecule is Nc1cccn1CCC(NS(=O)(=O)c1cccc2[nH]ncc12)C(=O)N1CCC(CO)CC1. The molecule has 0 bridgehead atoms. The van der Waals surface area contributed by atoms with Crippen molar-refractivity contribution in [1.82, 2.24) is 24.4 Å². The molecule has 11 heteroatoms. The maximum Gasteiger partial charge on any atom is 0.242 e. The molecule has 1 aromatic carbocycles. The van der Waals surface area contributed by atoms with E-state index >= 15 is 0 Å². The van der Waals surface area contributed by atoms with E-state index in [0.29, 0.717) is 49.2 Å². The van der Waals surface area contributed by atoms with Gasteiger partial charge in [0.2, 0.25) is 15.9 Å². The molecule has 32 heavy (non-hydrogen) atoms. The second kappa shape index (κ2) is 9.31. The van der Waals surface area contributed by atoms with Crippen molar-refractivity contribution in [2.24, 2.45) is 5.92 Å². The van der Waals surface area contributed by atoms with E-state index in [1.807, 2.05) is 0 Å². The molecule has 172 valence electrons. The number of aliphatic hydroxyl groups is 1. The topological polar surface area (TPSA) is 146 Å². The van der Waals surface area contributed by atoms with Gasteiger partial charge in [-0.1, -0.05) is 6.07 Å². The lowest BCUT2D eigenvalue weighted by molar-refractivity contribution is -0.134. The second-order valence-corrected chi connectivity index (χ2v) is 9.81. The first-order valence-corrected chi connectivity index (χ1v) is 12.1. The largest absolute Gasteiger partial charge is 0.396 e. The van der Waals surface area contributed by atoms with E-state index in [9.17, 15) is 18.3 Å². The van der Waals surface area contributed by atoms with Gasteiger partial charge in [-0.25, -0.2) is 8.42 Å². The number of amides is 1. The molecular weight excluding hydrogens is 432 g/mol. The van der Waals surface area contributed by atoms with E-state index in [-0.39, 0.29) is 29.7 Å². The predicted octanol–water partition coefficient (Wildman–Crippen LogP) is 0.915. The van der Waals surface area contributed by atoms with E-state index < -0.39 is 16.1 Å². The highest BCUT2D eigenvalue weighted by atomic mass is 32.2. The number of H-pyrrole nitrogens is 1. The molecule has 0 radical (unpaired) electrons. The van der Waals surface area contributed by atoms with Gasteiger partial charge in [-0.2, -0.15) is 9.82 Å². The quantitative estimate of drug-likeness (QED) is 0.393. The number of aryl methyl sites for hydroxylation is 1. The summed E-state index contributed by atoms with van der Waals surface area (Å²) in [6.45, 7) is 1.47. The Morgan fingerprint density at radius 2 is 2.06 bits per heavy atom. The summed E-state index contributed by atoms with van der Waals surface area (Å²) in [6.07, 6.45) is 4.89. The van der Waals surface area contributed by atoms with Gasteiger partial charge in [0.15, 0.2) is 0 Å². The maximum absolute atomic E-state index is 13.3. The Morgan fingerprint density at radius 3 is 2.75 bits per heavy atom. The molecule has 1 saturated heterocycles. The third kappa shape index (κ3) is 4.64. The number of benzene rings is 1. The van der Waals surface area contributed by atoms with E-state index in [0.717, 1.165) is 0 Å². The summed E-state index contributed by atoms with van der Waals surface area (Å²) >= 11 is 0. The molecule has 1 aliphatic rings. The van der Waals surface area contributed by atoms with Crippen LogP contribution in [0.15, 0.2) is 47.6 Å². The van der Waals surface area contributed by atoms with Crippen LogP contribution in [0.3, 0.4) is 0 Å². The number of sulfonamides is 1. The van der Waals surface area contributed by atoms with Crippen LogP contribution in [-0.2, 0) is 21.4 Å². The zero-order valence-corrected chi connectivity index (χ0v) is 18.5. The number of nitrogens with two attached hydrogens (primary N) is 1. The lowest BCUT2D eigenvalue weighted by Crippen LogP contribution is -2.51. The molecule has 1 atom stereocenters. The molecule has 3 aromatic rings. The van der Waals surface area contributed by atoms with Crippen LogP contribution in [0.1, 0.15) is 19.3 Å². The Balaban J connectivity index is 1.57. The fraction of sp³-hybridized carbons (Fsp3) is 0.429. The van der Waals surface area contributed by atoms with Gasteiger partial charge in [-0.3, -0.25) is 9.89 Å². The fourth-order valence-electron chi connectivity index (χ4n) is 4.11. The Morgan fingerprint density at radius 1 is 1.28 bits per heavy atom. The Bertz CT molecular complexity index is 1180. The van der Waals surface area contributed by atoms with E-state index in [4.69, 9.17) is 5.73 Å². The number of hydrogen-bond acceptors (Lipinski definition) is 6. The first-order chi connectivity index (χ1) is 15.4. The molecule has 2 aromatic heterocycles. The van der Waals surface area contributed by atoms with Crippen molar-refractivity contribution in [1.29, 1.82) is 0 Å². The highest BCUT2D eigenvalue weighted by Gasteiger charge is 2.32. The molecule has 1 amide bonds. The molecule has 10 nitrogen and oxygen atoms in total. The zero-order chi connectivity index (χ0) is 22.7. The van der Waals surface area contributed by atoms with Crippen LogP contribution in [0.2, 0.25) is 0 Å². The summed E-state index contributed by atoms with van der Waals surface area (Å²) in [5.41, 5.74) is 6.54. The first kappa shape index (κ1) is 22.3. The van der Waals surface area contributed by atoms with Crippen LogP contribution in [-0.4, -0.2) is 64.8 Å². The number of aliphatic hydroxyl groups excluding tert-OH is 1. The first-order valence-electron chi connectivity index (χ1n) is 10.6. The molecule has 0 aliphatic carbocycles. The molecule has 1 unspecified atom stereocenters. The average molecular weight is 461 g/mol. The molecule has 3 heterocycles. The smallest absolute Gasteiger partial charge is 0.242 e. The van der Waals surface area contributed by atoms with Gasteiger partial charge >= 0.3 is 0 Å². The van der Waals surface area contributed by atoms with Crippen LogP contribution in [0.4, 0.5) is 5.82 Å². The summed E-state index contributed by atoms with van der Waals surface area (Å²) in [6, 6.07) is 7.47. The molecule has 5 N–H and O–H groups in total. The number of aromatic amines is 1. The summed E-state index contributed by atoms with van der Waals surface area (Å²) in [4.78, 5) is 15.1. The Hall–Kier alpha value is -2.89. The molecule has 0 saturated carbocycles. The molecule has 1 aliphatic heterocycles. The summed E-state index contributed by atoms with van der Waals surface area (Å²) in [5, 5.41) is 16.5. The fourth-order valence-corrected chi connectivity index (χ4v) is 5.54. The summed E-state index contributed by atoms with van der Waals surface area (Å²) in [7, 11) is -3.99. The zero-order valence-electron chi connectivity index (χ0n) is 17.6. The molecule has 1 fully saturated rings. The minimum atomic E-state index is -3.99. The highest BCUT2D eigenvalue weighted by Crippen LogP contribution is 2.23.